The normalized spacial score (nSPS) is 15.6. The van der Waals surface area contributed by atoms with Gasteiger partial charge in [-0.3, -0.25) is 9.69 Å². The second-order valence-electron chi connectivity index (χ2n) is 6.80. The number of anilines is 1. The fourth-order valence-corrected chi connectivity index (χ4v) is 3.13. The molecule has 1 aliphatic rings. The Morgan fingerprint density at radius 2 is 1.96 bits per heavy atom. The zero-order valence-electron chi connectivity index (χ0n) is 15.7. The van der Waals surface area contributed by atoms with E-state index in [4.69, 9.17) is 10.5 Å². The number of fused-ring (bicyclic) bond motifs is 1. The molecule has 0 saturated carbocycles. The van der Waals surface area contributed by atoms with E-state index in [0.717, 1.165) is 50.5 Å². The zero-order chi connectivity index (χ0) is 17.6. The predicted molar refractivity (Wildman–Crippen MR) is 115 cm³/mol. The van der Waals surface area contributed by atoms with Crippen LogP contribution in [0.15, 0.2) is 30.5 Å². The molecular weight excluding hydrogens is 387 g/mol. The number of carbonyl (C=O) groups excluding carboxylic acids is 1. The molecule has 27 heavy (non-hydrogen) atoms. The van der Waals surface area contributed by atoms with Gasteiger partial charge in [-0.2, -0.15) is 0 Å². The number of carbonyl (C=O) groups is 1. The number of hydrogen-bond acceptors (Lipinski definition) is 4. The quantitative estimate of drug-likeness (QED) is 0.727. The Balaban J connectivity index is 0.00000182. The van der Waals surface area contributed by atoms with Crippen LogP contribution in [0.5, 0.6) is 0 Å². The Hall–Kier alpha value is -1.31. The standard InChI is InChI=1S/C19H28N4O2.2ClH/c1-15(20)2-5-19(24)21-17-3-4-18-16(14-17)6-7-23(18)9-8-22-10-12-25-13-11-22;;/h3-4,6-7,14-15H,2,5,8-13,20H2,1H3,(H,21,24);2*1H. The first-order valence-electron chi connectivity index (χ1n) is 9.06. The molecular formula is C19H30Cl2N4O2. The summed E-state index contributed by atoms with van der Waals surface area (Å²) < 4.78 is 7.66. The van der Waals surface area contributed by atoms with Gasteiger partial charge in [-0.1, -0.05) is 0 Å². The Morgan fingerprint density at radius 1 is 1.22 bits per heavy atom. The number of nitrogens with one attached hydrogen (secondary N) is 1. The second-order valence-corrected chi connectivity index (χ2v) is 6.80. The number of ether oxygens (including phenoxy) is 1. The van der Waals surface area contributed by atoms with Crippen LogP contribution >= 0.6 is 24.8 Å². The Labute approximate surface area is 173 Å². The number of hydrogen-bond donors (Lipinski definition) is 2. The maximum atomic E-state index is 11.9. The number of nitrogens with zero attached hydrogens (tertiary/aromatic N) is 2. The smallest absolute Gasteiger partial charge is 0.224 e. The van der Waals surface area contributed by atoms with Crippen LogP contribution in [0.2, 0.25) is 0 Å². The van der Waals surface area contributed by atoms with Crippen molar-refractivity contribution >= 4 is 47.3 Å². The van der Waals surface area contributed by atoms with Crippen molar-refractivity contribution in [3.05, 3.63) is 30.5 Å². The highest BCUT2D eigenvalue weighted by atomic mass is 35.5. The third-order valence-corrected chi connectivity index (χ3v) is 4.64. The van der Waals surface area contributed by atoms with Crippen molar-refractivity contribution in [3.63, 3.8) is 0 Å². The first-order valence-corrected chi connectivity index (χ1v) is 9.06. The number of halogens is 2. The Morgan fingerprint density at radius 3 is 2.67 bits per heavy atom. The van der Waals surface area contributed by atoms with E-state index in [1.165, 1.54) is 5.52 Å². The monoisotopic (exact) mass is 416 g/mol. The van der Waals surface area contributed by atoms with Crippen molar-refractivity contribution in [2.75, 3.05) is 38.2 Å². The van der Waals surface area contributed by atoms with Crippen molar-refractivity contribution in [3.8, 4) is 0 Å². The van der Waals surface area contributed by atoms with Gasteiger partial charge in [-0.15, -0.1) is 24.8 Å². The summed E-state index contributed by atoms with van der Waals surface area (Å²) in [6, 6.07) is 8.23. The van der Waals surface area contributed by atoms with Gasteiger partial charge in [0.2, 0.25) is 5.91 Å². The predicted octanol–water partition coefficient (Wildman–Crippen LogP) is 2.88. The van der Waals surface area contributed by atoms with E-state index in [1.54, 1.807) is 0 Å². The van der Waals surface area contributed by atoms with Gasteiger partial charge in [0.1, 0.15) is 0 Å². The summed E-state index contributed by atoms with van der Waals surface area (Å²) in [5, 5.41) is 4.10. The number of aromatic nitrogens is 1. The third-order valence-electron chi connectivity index (χ3n) is 4.64. The van der Waals surface area contributed by atoms with Crippen LogP contribution < -0.4 is 11.1 Å². The zero-order valence-corrected chi connectivity index (χ0v) is 17.4. The molecule has 6 nitrogen and oxygen atoms in total. The maximum absolute atomic E-state index is 11.9. The van der Waals surface area contributed by atoms with Gasteiger partial charge >= 0.3 is 0 Å². The van der Waals surface area contributed by atoms with Crippen LogP contribution in [0.1, 0.15) is 19.8 Å². The number of amides is 1. The lowest BCUT2D eigenvalue weighted by atomic mass is 10.2. The Bertz CT molecular complexity index is 715. The summed E-state index contributed by atoms with van der Waals surface area (Å²) >= 11 is 0. The molecule has 1 fully saturated rings. The SMILES string of the molecule is CC(N)CCC(=O)Nc1ccc2c(ccn2CCN2CCOCC2)c1.Cl.Cl. The van der Waals surface area contributed by atoms with E-state index in [0.29, 0.717) is 12.8 Å². The van der Waals surface area contributed by atoms with Gasteiger partial charge in [-0.25, -0.2) is 0 Å². The van der Waals surface area contributed by atoms with Gasteiger partial charge in [0.25, 0.3) is 0 Å². The number of benzene rings is 1. The van der Waals surface area contributed by atoms with Gasteiger partial charge < -0.3 is 20.4 Å². The van der Waals surface area contributed by atoms with Crippen molar-refractivity contribution in [2.24, 2.45) is 5.73 Å². The summed E-state index contributed by atoms with van der Waals surface area (Å²) in [6.07, 6.45) is 3.27. The minimum atomic E-state index is 0. The number of morpholine rings is 1. The summed E-state index contributed by atoms with van der Waals surface area (Å²) in [5.74, 6) is 0.0170. The minimum absolute atomic E-state index is 0. The molecule has 1 atom stereocenters. The molecule has 152 valence electrons. The topological polar surface area (TPSA) is 72.5 Å². The van der Waals surface area contributed by atoms with Crippen LogP contribution in [0.4, 0.5) is 5.69 Å². The molecule has 1 saturated heterocycles. The van der Waals surface area contributed by atoms with E-state index in [1.807, 2.05) is 19.1 Å². The summed E-state index contributed by atoms with van der Waals surface area (Å²) in [7, 11) is 0. The molecule has 2 heterocycles. The fraction of sp³-hybridized carbons (Fsp3) is 0.526. The fourth-order valence-electron chi connectivity index (χ4n) is 3.13. The van der Waals surface area contributed by atoms with Gasteiger partial charge in [0.05, 0.1) is 13.2 Å². The highest BCUT2D eigenvalue weighted by Crippen LogP contribution is 2.21. The van der Waals surface area contributed by atoms with Crippen molar-refractivity contribution in [1.29, 1.82) is 0 Å². The highest BCUT2D eigenvalue weighted by molar-refractivity contribution is 5.93. The molecule has 3 rings (SSSR count). The average Bonchev–Trinajstić information content (AvgIpc) is 3.01. The maximum Gasteiger partial charge on any atom is 0.224 e. The molecule has 3 N–H and O–H groups in total. The minimum Gasteiger partial charge on any atom is -0.379 e. The van der Waals surface area contributed by atoms with Crippen molar-refractivity contribution in [1.82, 2.24) is 9.47 Å². The van der Waals surface area contributed by atoms with E-state index in [9.17, 15) is 4.79 Å². The molecule has 0 bridgehead atoms. The number of nitrogens with two attached hydrogens (primary N) is 1. The van der Waals surface area contributed by atoms with E-state index >= 15 is 0 Å². The molecule has 8 heteroatoms. The van der Waals surface area contributed by atoms with Crippen LogP contribution in [-0.4, -0.2) is 54.3 Å². The van der Waals surface area contributed by atoms with Gasteiger partial charge in [-0.05, 0) is 37.6 Å². The van der Waals surface area contributed by atoms with Crippen LogP contribution in [0.3, 0.4) is 0 Å². The molecule has 1 aromatic carbocycles. The van der Waals surface area contributed by atoms with Crippen molar-refractivity contribution in [2.45, 2.75) is 32.4 Å². The molecule has 1 amide bonds. The van der Waals surface area contributed by atoms with E-state index in [2.05, 4.69) is 33.1 Å². The molecule has 0 radical (unpaired) electrons. The van der Waals surface area contributed by atoms with Crippen LogP contribution in [0.25, 0.3) is 10.9 Å². The lowest BCUT2D eigenvalue weighted by Gasteiger charge is -2.26. The highest BCUT2D eigenvalue weighted by Gasteiger charge is 2.11. The largest absolute Gasteiger partial charge is 0.379 e. The van der Waals surface area contributed by atoms with E-state index < -0.39 is 0 Å². The lowest BCUT2D eigenvalue weighted by molar-refractivity contribution is -0.116. The molecule has 1 aromatic heterocycles. The van der Waals surface area contributed by atoms with Crippen LogP contribution in [-0.2, 0) is 16.1 Å². The Kier molecular flexibility index (Phi) is 10.1. The second kappa shape index (κ2) is 11.5. The van der Waals surface area contributed by atoms with E-state index in [-0.39, 0.29) is 36.8 Å². The first kappa shape index (κ1) is 23.7. The molecule has 1 unspecified atom stereocenters. The molecule has 0 spiro atoms. The summed E-state index contributed by atoms with van der Waals surface area (Å²) in [4.78, 5) is 14.4. The van der Waals surface area contributed by atoms with Gasteiger partial charge in [0.15, 0.2) is 0 Å². The summed E-state index contributed by atoms with van der Waals surface area (Å²) in [5.41, 5.74) is 7.74. The molecule has 0 aliphatic carbocycles. The molecule has 2 aromatic rings. The molecule has 1 aliphatic heterocycles. The summed E-state index contributed by atoms with van der Waals surface area (Å²) in [6.45, 7) is 7.59. The first-order chi connectivity index (χ1) is 12.1. The average molecular weight is 417 g/mol. The lowest BCUT2D eigenvalue weighted by Crippen LogP contribution is -2.38. The van der Waals surface area contributed by atoms with Crippen molar-refractivity contribution < 1.29 is 9.53 Å². The number of rotatable bonds is 7. The van der Waals surface area contributed by atoms with Gasteiger partial charge in [0, 0.05) is 61.4 Å². The third kappa shape index (κ3) is 6.97. The van der Waals surface area contributed by atoms with Crippen LogP contribution in [0, 0.1) is 0 Å².